The number of hydrogen-bond acceptors (Lipinski definition) is 7. The van der Waals surface area contributed by atoms with Gasteiger partial charge in [0.05, 0.1) is 13.0 Å². The van der Waals surface area contributed by atoms with Crippen molar-refractivity contribution in [1.29, 1.82) is 0 Å². The number of carbonyl (C=O) groups is 3. The second-order valence-electron chi connectivity index (χ2n) is 16.8. The van der Waals surface area contributed by atoms with Crippen LogP contribution in [0.15, 0.2) is 0 Å². The molecular weight excluding hydrogens is 691 g/mol. The first kappa shape index (κ1) is 57.3. The Bertz CT molecular complexity index is 988. The average Bonchev–Trinajstić information content (AvgIpc) is 3.52. The smallest absolute Gasteiger partial charge is 0.304 e. The van der Waals surface area contributed by atoms with E-state index in [1.807, 2.05) is 27.7 Å². The highest BCUT2D eigenvalue weighted by molar-refractivity contribution is 5.75. The van der Waals surface area contributed by atoms with Gasteiger partial charge < -0.3 is 26.1 Å². The molecule has 0 radical (unpaired) electrons. The van der Waals surface area contributed by atoms with Gasteiger partial charge in [-0.1, -0.05) is 81.6 Å². The predicted octanol–water partition coefficient (Wildman–Crippen LogP) is 9.98. The van der Waals surface area contributed by atoms with Crippen LogP contribution in [0.4, 0.5) is 0 Å². The normalized spacial score (nSPS) is 27.0. The minimum atomic E-state index is -0.836. The summed E-state index contributed by atoms with van der Waals surface area (Å²) in [4.78, 5) is 36.1. The standard InChI is InChI=1S/C27H47NO.C5H13NO2.C5H10O.C3H7NO2.2C2H6.C2H2/c1-19(2)18-28-25(29)10-7-9-21-12-14-23-22-13-11-20-8-5-6-16-26(20,3)24(22)15-17-27(21,23)4;1-5(2,4-7)8-6-3;1-2-3-4-5-6;4-2-1-3(5)6;3*1-2/h19-24H,5-18H2,1-4H3,(H,28,29);6-7H,4H2,1-3H3;5H,2-4H2,1H3;1-2,4H2,(H,5,6);2*1-2H3;1-2H. The number of nitrogens with one attached hydrogen (secondary N) is 2. The highest BCUT2D eigenvalue weighted by Crippen LogP contribution is 2.67. The number of nitrogens with two attached hydrogens (primary N) is 1. The minimum Gasteiger partial charge on any atom is -0.481 e. The van der Waals surface area contributed by atoms with Crippen molar-refractivity contribution >= 4 is 18.2 Å². The molecule has 0 aromatic rings. The molecule has 7 atom stereocenters. The molecule has 4 aliphatic rings. The van der Waals surface area contributed by atoms with Crippen LogP contribution in [0, 0.1) is 59.2 Å². The Morgan fingerprint density at radius 1 is 0.927 bits per heavy atom. The second kappa shape index (κ2) is 33.0. The van der Waals surface area contributed by atoms with Crippen LogP contribution in [-0.2, 0) is 19.2 Å². The maximum atomic E-state index is 12.1. The Kier molecular flexibility index (Phi) is 34.4. The Hall–Kier alpha value is -1.99. The van der Waals surface area contributed by atoms with Gasteiger partial charge in [-0.05, 0) is 131 Å². The SMILES string of the molecule is C#C.CC.CC.CC(C)CNC(=O)CCCC1CCC2C3CCC4CCCCC4(C)C3CCC12C.CCCCC=O.CNOC(C)(C)CO.NCCC(=O)O. The third kappa shape index (κ3) is 21.4. The van der Waals surface area contributed by atoms with E-state index in [1.54, 1.807) is 20.9 Å². The highest BCUT2D eigenvalue weighted by atomic mass is 16.7. The molecular formula is C46H91N3O6. The van der Waals surface area contributed by atoms with Crippen molar-refractivity contribution in [3.8, 4) is 12.8 Å². The number of amides is 1. The largest absolute Gasteiger partial charge is 0.481 e. The lowest BCUT2D eigenvalue weighted by Crippen LogP contribution is -2.52. The summed E-state index contributed by atoms with van der Waals surface area (Å²) in [6.07, 6.45) is 29.9. The molecule has 0 bridgehead atoms. The molecule has 1 amide bonds. The first-order chi connectivity index (χ1) is 26.1. The fourth-order valence-electron chi connectivity index (χ4n) is 9.51. The molecule has 0 aromatic heterocycles. The lowest BCUT2D eigenvalue weighted by Gasteiger charge is -2.60. The number of aldehydes is 1. The van der Waals surface area contributed by atoms with Crippen molar-refractivity contribution < 1.29 is 29.4 Å². The van der Waals surface area contributed by atoms with Crippen LogP contribution in [-0.4, -0.2) is 60.7 Å². The van der Waals surface area contributed by atoms with E-state index in [4.69, 9.17) is 20.8 Å². The van der Waals surface area contributed by atoms with Crippen LogP contribution >= 0.6 is 0 Å². The van der Waals surface area contributed by atoms with Crippen molar-refractivity contribution in [1.82, 2.24) is 10.8 Å². The number of carboxylic acid groups (broad SMARTS) is 1. The van der Waals surface area contributed by atoms with E-state index in [1.165, 1.54) is 70.6 Å². The van der Waals surface area contributed by atoms with Crippen LogP contribution in [0.1, 0.15) is 185 Å². The molecule has 55 heavy (non-hydrogen) atoms. The van der Waals surface area contributed by atoms with E-state index in [0.717, 1.165) is 74.5 Å². The maximum absolute atomic E-state index is 12.1. The molecule has 4 saturated carbocycles. The third-order valence-corrected chi connectivity index (χ3v) is 12.2. The molecule has 0 saturated heterocycles. The summed E-state index contributed by atoms with van der Waals surface area (Å²) in [6.45, 7) is 24.4. The minimum absolute atomic E-state index is 0.0217. The highest BCUT2D eigenvalue weighted by Gasteiger charge is 2.59. The molecule has 9 heteroatoms. The van der Waals surface area contributed by atoms with Gasteiger partial charge in [0.1, 0.15) is 11.9 Å². The van der Waals surface area contributed by atoms with E-state index in [0.29, 0.717) is 16.7 Å². The molecule has 4 rings (SSSR count). The molecule has 7 unspecified atom stereocenters. The van der Waals surface area contributed by atoms with Gasteiger partial charge in [-0.3, -0.25) is 14.4 Å². The molecule has 0 heterocycles. The number of fused-ring (bicyclic) bond motifs is 5. The number of hydrogen-bond donors (Lipinski definition) is 5. The zero-order valence-electron chi connectivity index (χ0n) is 37.9. The predicted molar refractivity (Wildman–Crippen MR) is 232 cm³/mol. The third-order valence-electron chi connectivity index (χ3n) is 12.2. The van der Waals surface area contributed by atoms with Gasteiger partial charge in [0.15, 0.2) is 0 Å². The van der Waals surface area contributed by atoms with Crippen molar-refractivity contribution in [2.75, 3.05) is 26.7 Å². The lowest BCUT2D eigenvalue weighted by molar-refractivity contribution is -0.136. The van der Waals surface area contributed by atoms with Crippen molar-refractivity contribution in [2.24, 2.45) is 52.1 Å². The lowest BCUT2D eigenvalue weighted by atomic mass is 9.45. The number of carboxylic acids is 1. The summed E-state index contributed by atoms with van der Waals surface area (Å²) in [5, 5.41) is 19.5. The number of aliphatic carboxylic acids is 1. The second-order valence-corrected chi connectivity index (χ2v) is 16.8. The molecule has 9 nitrogen and oxygen atoms in total. The number of terminal acetylenes is 1. The number of rotatable bonds is 14. The Morgan fingerprint density at radius 2 is 1.55 bits per heavy atom. The Balaban J connectivity index is -0.000000853. The fraction of sp³-hybridized carbons (Fsp3) is 0.891. The first-order valence-corrected chi connectivity index (χ1v) is 22.1. The summed E-state index contributed by atoms with van der Waals surface area (Å²) in [7, 11) is 1.66. The monoisotopic (exact) mass is 782 g/mol. The van der Waals surface area contributed by atoms with Gasteiger partial charge in [-0.15, -0.1) is 12.8 Å². The van der Waals surface area contributed by atoms with Crippen LogP contribution in [0.5, 0.6) is 0 Å². The number of carbonyl (C=O) groups excluding carboxylic acids is 2. The van der Waals surface area contributed by atoms with Crippen molar-refractivity contribution in [3.05, 3.63) is 0 Å². The van der Waals surface area contributed by atoms with E-state index in [2.05, 4.69) is 58.3 Å². The molecule has 6 N–H and O–H groups in total. The quantitative estimate of drug-likeness (QED) is 0.0506. The molecule has 0 aromatic carbocycles. The number of aliphatic hydroxyl groups is 1. The van der Waals surface area contributed by atoms with Crippen LogP contribution in [0.3, 0.4) is 0 Å². The molecule has 4 aliphatic carbocycles. The van der Waals surface area contributed by atoms with Gasteiger partial charge in [-0.25, -0.2) is 5.48 Å². The van der Waals surface area contributed by atoms with Crippen LogP contribution in [0.2, 0.25) is 0 Å². The topological polar surface area (TPSA) is 151 Å². The Morgan fingerprint density at radius 3 is 2.00 bits per heavy atom. The summed E-state index contributed by atoms with van der Waals surface area (Å²) in [5.41, 5.74) is 8.11. The maximum Gasteiger partial charge on any atom is 0.304 e. The van der Waals surface area contributed by atoms with E-state index < -0.39 is 11.6 Å². The first-order valence-electron chi connectivity index (χ1n) is 22.1. The van der Waals surface area contributed by atoms with Gasteiger partial charge in [-0.2, -0.15) is 0 Å². The summed E-state index contributed by atoms with van der Waals surface area (Å²) in [5.74, 6) is 4.87. The molecule has 4 fully saturated rings. The molecule has 0 spiro atoms. The van der Waals surface area contributed by atoms with Gasteiger partial charge in [0.25, 0.3) is 0 Å². The fourth-order valence-corrected chi connectivity index (χ4v) is 9.51. The van der Waals surface area contributed by atoms with Crippen LogP contribution < -0.4 is 16.5 Å². The summed E-state index contributed by atoms with van der Waals surface area (Å²) < 4.78 is 0. The zero-order chi connectivity index (χ0) is 43.1. The van der Waals surface area contributed by atoms with E-state index in [9.17, 15) is 14.4 Å². The molecule has 326 valence electrons. The summed E-state index contributed by atoms with van der Waals surface area (Å²) in [6, 6.07) is 0. The Labute approximate surface area is 340 Å². The van der Waals surface area contributed by atoms with Crippen molar-refractivity contribution in [2.45, 2.75) is 191 Å². The number of aliphatic hydroxyl groups excluding tert-OH is 1. The van der Waals surface area contributed by atoms with Crippen LogP contribution in [0.25, 0.3) is 0 Å². The molecule has 0 aliphatic heterocycles. The van der Waals surface area contributed by atoms with Crippen molar-refractivity contribution in [3.63, 3.8) is 0 Å². The summed E-state index contributed by atoms with van der Waals surface area (Å²) >= 11 is 0. The average molecular weight is 782 g/mol. The van der Waals surface area contributed by atoms with Gasteiger partial charge >= 0.3 is 5.97 Å². The number of unbranched alkanes of at least 4 members (excludes halogenated alkanes) is 2. The van der Waals surface area contributed by atoms with E-state index in [-0.39, 0.29) is 25.5 Å². The number of hydroxylamine groups is 1. The van der Waals surface area contributed by atoms with E-state index >= 15 is 0 Å². The zero-order valence-corrected chi connectivity index (χ0v) is 37.9. The van der Waals surface area contributed by atoms with Gasteiger partial charge in [0, 0.05) is 33.0 Å². The van der Waals surface area contributed by atoms with Gasteiger partial charge in [0.2, 0.25) is 5.91 Å².